The SMILES string of the molecule is O=C(Cc1ccccc1)NCC(=O)Nc1ncc(C2CCNCC2)s1. The van der Waals surface area contributed by atoms with Gasteiger partial charge in [0.25, 0.3) is 0 Å². The van der Waals surface area contributed by atoms with Crippen molar-refractivity contribution >= 4 is 28.3 Å². The standard InChI is InChI=1S/C18H22N4O2S/c23-16(10-13-4-2-1-3-5-13)20-12-17(24)22-18-21-11-15(25-18)14-6-8-19-9-7-14/h1-5,11,14,19H,6-10,12H2,(H,20,23)(H,21,22,24). The number of rotatable bonds is 6. The van der Waals surface area contributed by atoms with Crippen LogP contribution in [0.2, 0.25) is 0 Å². The number of piperidine rings is 1. The fourth-order valence-corrected chi connectivity index (χ4v) is 3.83. The van der Waals surface area contributed by atoms with Crippen LogP contribution in [0.15, 0.2) is 36.5 Å². The Bertz CT molecular complexity index is 711. The average Bonchev–Trinajstić information content (AvgIpc) is 3.10. The van der Waals surface area contributed by atoms with Crippen molar-refractivity contribution in [3.63, 3.8) is 0 Å². The van der Waals surface area contributed by atoms with Crippen molar-refractivity contribution in [2.24, 2.45) is 0 Å². The van der Waals surface area contributed by atoms with Gasteiger partial charge in [0, 0.05) is 11.1 Å². The van der Waals surface area contributed by atoms with E-state index in [0.717, 1.165) is 31.5 Å². The van der Waals surface area contributed by atoms with Crippen LogP contribution in [0.25, 0.3) is 0 Å². The zero-order valence-electron chi connectivity index (χ0n) is 14.0. The van der Waals surface area contributed by atoms with Crippen LogP contribution in [0.4, 0.5) is 5.13 Å². The first-order valence-corrected chi connectivity index (χ1v) is 9.29. The average molecular weight is 358 g/mol. The summed E-state index contributed by atoms with van der Waals surface area (Å²) in [4.78, 5) is 29.3. The van der Waals surface area contributed by atoms with Gasteiger partial charge in [-0.25, -0.2) is 4.98 Å². The Balaban J connectivity index is 1.43. The molecule has 2 heterocycles. The monoisotopic (exact) mass is 358 g/mol. The fraction of sp³-hybridized carbons (Fsp3) is 0.389. The van der Waals surface area contributed by atoms with E-state index in [1.807, 2.05) is 36.5 Å². The maximum absolute atomic E-state index is 12.0. The highest BCUT2D eigenvalue weighted by atomic mass is 32.1. The maximum Gasteiger partial charge on any atom is 0.245 e. The van der Waals surface area contributed by atoms with Gasteiger partial charge in [-0.1, -0.05) is 30.3 Å². The number of carbonyl (C=O) groups is 2. The van der Waals surface area contributed by atoms with E-state index in [2.05, 4.69) is 20.9 Å². The molecule has 0 spiro atoms. The molecule has 1 saturated heterocycles. The Hall–Kier alpha value is -2.25. The predicted octanol–water partition coefficient (Wildman–Crippen LogP) is 1.91. The smallest absolute Gasteiger partial charge is 0.245 e. The normalized spacial score (nSPS) is 14.9. The second-order valence-corrected chi connectivity index (χ2v) is 7.14. The molecule has 132 valence electrons. The molecule has 25 heavy (non-hydrogen) atoms. The first-order valence-electron chi connectivity index (χ1n) is 8.47. The third-order valence-corrected chi connectivity index (χ3v) is 5.24. The summed E-state index contributed by atoms with van der Waals surface area (Å²) < 4.78 is 0. The highest BCUT2D eigenvalue weighted by molar-refractivity contribution is 7.15. The minimum Gasteiger partial charge on any atom is -0.347 e. The molecular formula is C18H22N4O2S. The number of nitrogens with one attached hydrogen (secondary N) is 3. The van der Waals surface area contributed by atoms with Crippen molar-refractivity contribution in [2.45, 2.75) is 25.2 Å². The molecule has 1 aliphatic heterocycles. The zero-order chi connectivity index (χ0) is 17.5. The lowest BCUT2D eigenvalue weighted by Gasteiger charge is -2.20. The second-order valence-electron chi connectivity index (χ2n) is 6.08. The number of aromatic nitrogens is 1. The predicted molar refractivity (Wildman–Crippen MR) is 98.7 cm³/mol. The number of nitrogens with zero attached hydrogens (tertiary/aromatic N) is 1. The minimum absolute atomic E-state index is 0.0477. The Morgan fingerprint density at radius 1 is 1.16 bits per heavy atom. The summed E-state index contributed by atoms with van der Waals surface area (Å²) in [5.41, 5.74) is 0.923. The number of hydrogen-bond acceptors (Lipinski definition) is 5. The molecule has 3 rings (SSSR count). The van der Waals surface area contributed by atoms with Gasteiger partial charge in [-0.05, 0) is 37.4 Å². The third kappa shape index (κ3) is 5.37. The molecule has 1 fully saturated rings. The molecule has 0 atom stereocenters. The van der Waals surface area contributed by atoms with Gasteiger partial charge in [-0.15, -0.1) is 11.3 Å². The Labute approximate surface area is 151 Å². The van der Waals surface area contributed by atoms with E-state index in [1.54, 1.807) is 0 Å². The van der Waals surface area contributed by atoms with Crippen LogP contribution >= 0.6 is 11.3 Å². The Morgan fingerprint density at radius 3 is 2.68 bits per heavy atom. The number of carbonyl (C=O) groups excluding carboxylic acids is 2. The summed E-state index contributed by atoms with van der Waals surface area (Å²) in [6.45, 7) is 2.00. The number of benzene rings is 1. The highest BCUT2D eigenvalue weighted by Gasteiger charge is 2.18. The molecule has 0 bridgehead atoms. The van der Waals surface area contributed by atoms with Crippen molar-refractivity contribution in [1.82, 2.24) is 15.6 Å². The fourth-order valence-electron chi connectivity index (χ4n) is 2.83. The van der Waals surface area contributed by atoms with Crippen LogP contribution in [0.1, 0.15) is 29.2 Å². The molecule has 1 aliphatic rings. The van der Waals surface area contributed by atoms with Gasteiger partial charge in [0.1, 0.15) is 0 Å². The minimum atomic E-state index is -0.257. The summed E-state index contributed by atoms with van der Waals surface area (Å²) in [6.07, 6.45) is 4.33. The molecule has 2 amide bonds. The number of hydrogen-bond donors (Lipinski definition) is 3. The van der Waals surface area contributed by atoms with Crippen LogP contribution in [0.5, 0.6) is 0 Å². The van der Waals surface area contributed by atoms with E-state index in [4.69, 9.17) is 0 Å². The highest BCUT2D eigenvalue weighted by Crippen LogP contribution is 2.31. The summed E-state index contributed by atoms with van der Waals surface area (Å²) in [6, 6.07) is 9.45. The van der Waals surface area contributed by atoms with E-state index >= 15 is 0 Å². The lowest BCUT2D eigenvalue weighted by atomic mass is 9.97. The number of anilines is 1. The van der Waals surface area contributed by atoms with Crippen molar-refractivity contribution in [3.8, 4) is 0 Å². The first kappa shape index (κ1) is 17.6. The van der Waals surface area contributed by atoms with Gasteiger partial charge < -0.3 is 16.0 Å². The van der Waals surface area contributed by atoms with Crippen LogP contribution in [-0.4, -0.2) is 36.4 Å². The number of amides is 2. The van der Waals surface area contributed by atoms with E-state index in [1.165, 1.54) is 16.2 Å². The topological polar surface area (TPSA) is 83.1 Å². The molecule has 0 radical (unpaired) electrons. The summed E-state index contributed by atoms with van der Waals surface area (Å²) >= 11 is 1.52. The molecule has 3 N–H and O–H groups in total. The summed E-state index contributed by atoms with van der Waals surface area (Å²) in [5.74, 6) is 0.0958. The molecule has 2 aromatic rings. The van der Waals surface area contributed by atoms with Crippen LogP contribution < -0.4 is 16.0 Å². The van der Waals surface area contributed by atoms with Crippen molar-refractivity contribution in [2.75, 3.05) is 25.0 Å². The molecule has 0 aliphatic carbocycles. The third-order valence-electron chi connectivity index (χ3n) is 4.17. The second kappa shape index (κ2) is 8.73. The van der Waals surface area contributed by atoms with Crippen molar-refractivity contribution < 1.29 is 9.59 Å². The van der Waals surface area contributed by atoms with Gasteiger partial charge in [-0.3, -0.25) is 9.59 Å². The quantitative estimate of drug-likeness (QED) is 0.737. The van der Waals surface area contributed by atoms with E-state index < -0.39 is 0 Å². The lowest BCUT2D eigenvalue weighted by molar-refractivity contribution is -0.123. The van der Waals surface area contributed by atoms with Crippen LogP contribution in [-0.2, 0) is 16.0 Å². The molecule has 1 aromatic heterocycles. The van der Waals surface area contributed by atoms with E-state index in [-0.39, 0.29) is 24.8 Å². The molecule has 6 nitrogen and oxygen atoms in total. The molecule has 0 unspecified atom stereocenters. The summed E-state index contributed by atoms with van der Waals surface area (Å²) in [7, 11) is 0. The molecule has 1 aromatic carbocycles. The Morgan fingerprint density at radius 2 is 1.92 bits per heavy atom. The largest absolute Gasteiger partial charge is 0.347 e. The maximum atomic E-state index is 12.0. The van der Waals surface area contributed by atoms with Crippen LogP contribution in [0, 0.1) is 0 Å². The van der Waals surface area contributed by atoms with Gasteiger partial charge >= 0.3 is 0 Å². The van der Waals surface area contributed by atoms with E-state index in [9.17, 15) is 9.59 Å². The molecule has 0 saturated carbocycles. The number of thiazole rings is 1. The van der Waals surface area contributed by atoms with Crippen molar-refractivity contribution in [3.05, 3.63) is 47.0 Å². The van der Waals surface area contributed by atoms with Gasteiger partial charge in [0.15, 0.2) is 5.13 Å². The Kier molecular flexibility index (Phi) is 6.14. The van der Waals surface area contributed by atoms with E-state index in [0.29, 0.717) is 11.0 Å². The first-order chi connectivity index (χ1) is 12.2. The van der Waals surface area contributed by atoms with Gasteiger partial charge in [-0.2, -0.15) is 0 Å². The van der Waals surface area contributed by atoms with Crippen LogP contribution in [0.3, 0.4) is 0 Å². The lowest BCUT2D eigenvalue weighted by Crippen LogP contribution is -2.33. The summed E-state index contributed by atoms with van der Waals surface area (Å²) in [5, 5.41) is 9.33. The molecular weight excluding hydrogens is 336 g/mol. The zero-order valence-corrected chi connectivity index (χ0v) is 14.8. The molecule has 7 heteroatoms. The van der Waals surface area contributed by atoms with Crippen molar-refractivity contribution in [1.29, 1.82) is 0 Å². The van der Waals surface area contributed by atoms with Gasteiger partial charge in [0.2, 0.25) is 11.8 Å². The van der Waals surface area contributed by atoms with Gasteiger partial charge in [0.05, 0.1) is 13.0 Å².